The minimum Gasteiger partial charge on any atom is -0.458 e. The molecule has 0 fully saturated rings. The number of para-hydroxylation sites is 1. The van der Waals surface area contributed by atoms with E-state index >= 15 is 0 Å². The maximum absolute atomic E-state index is 6.18. The molecule has 0 spiro atoms. The van der Waals surface area contributed by atoms with Gasteiger partial charge in [-0.05, 0) is 39.4 Å². The molecule has 0 amide bonds. The van der Waals surface area contributed by atoms with Crippen LogP contribution in [0.15, 0.2) is 28.7 Å². The average molecular weight is 296 g/mol. The Bertz CT molecular complexity index is 577. The number of benzene rings is 1. The maximum atomic E-state index is 6.18. The summed E-state index contributed by atoms with van der Waals surface area (Å²) in [6.45, 7) is 9.71. The summed E-state index contributed by atoms with van der Waals surface area (Å²) in [6, 6.07) is 7.80. The second kappa shape index (κ2) is 6.17. The van der Waals surface area contributed by atoms with Crippen LogP contribution in [0.3, 0.4) is 0 Å². The minimum absolute atomic E-state index is 0.0177. The maximum Gasteiger partial charge on any atom is 0.152 e. The van der Waals surface area contributed by atoms with E-state index in [1.807, 2.05) is 31.2 Å². The van der Waals surface area contributed by atoms with E-state index in [1.54, 1.807) is 0 Å². The van der Waals surface area contributed by atoms with Crippen molar-refractivity contribution >= 4 is 22.6 Å². The Kier molecular flexibility index (Phi) is 4.74. The van der Waals surface area contributed by atoms with E-state index in [4.69, 9.17) is 20.8 Å². The molecule has 0 saturated heterocycles. The number of rotatable bonds is 6. The summed E-state index contributed by atoms with van der Waals surface area (Å²) in [5.41, 5.74) is 0.379. The number of fused-ring (bicyclic) bond motifs is 1. The van der Waals surface area contributed by atoms with Crippen molar-refractivity contribution in [2.24, 2.45) is 0 Å². The van der Waals surface area contributed by atoms with E-state index in [0.29, 0.717) is 11.6 Å². The van der Waals surface area contributed by atoms with Gasteiger partial charge in [-0.25, -0.2) is 0 Å². The third-order valence-corrected chi connectivity index (χ3v) is 3.72. The molecule has 110 valence electrons. The van der Waals surface area contributed by atoms with Gasteiger partial charge in [0.25, 0.3) is 0 Å². The highest BCUT2D eigenvalue weighted by molar-refractivity contribution is 6.34. The van der Waals surface area contributed by atoms with Crippen LogP contribution in [0.25, 0.3) is 11.0 Å². The van der Waals surface area contributed by atoms with Crippen molar-refractivity contribution in [3.63, 3.8) is 0 Å². The van der Waals surface area contributed by atoms with E-state index in [-0.39, 0.29) is 11.6 Å². The van der Waals surface area contributed by atoms with Crippen molar-refractivity contribution in [2.45, 2.75) is 39.3 Å². The SMILES string of the molecule is CCNC(c1cc2cccc(Cl)c2o1)C(C)(C)OCC. The van der Waals surface area contributed by atoms with Gasteiger partial charge in [-0.1, -0.05) is 30.7 Å². The number of furan rings is 1. The van der Waals surface area contributed by atoms with Gasteiger partial charge >= 0.3 is 0 Å². The van der Waals surface area contributed by atoms with Gasteiger partial charge in [-0.15, -0.1) is 0 Å². The summed E-state index contributed by atoms with van der Waals surface area (Å²) in [6.07, 6.45) is 0. The number of halogens is 1. The van der Waals surface area contributed by atoms with E-state index in [1.165, 1.54) is 0 Å². The smallest absolute Gasteiger partial charge is 0.152 e. The highest BCUT2D eigenvalue weighted by Gasteiger charge is 2.33. The summed E-state index contributed by atoms with van der Waals surface area (Å²) in [5.74, 6) is 0.855. The zero-order valence-corrected chi connectivity index (χ0v) is 13.3. The van der Waals surface area contributed by atoms with Crippen LogP contribution in [-0.4, -0.2) is 18.8 Å². The summed E-state index contributed by atoms with van der Waals surface area (Å²) >= 11 is 6.18. The Morgan fingerprint density at radius 1 is 1.35 bits per heavy atom. The molecule has 0 radical (unpaired) electrons. The van der Waals surface area contributed by atoms with Crippen LogP contribution in [-0.2, 0) is 4.74 Å². The van der Waals surface area contributed by atoms with E-state index in [0.717, 1.165) is 23.3 Å². The first-order valence-electron chi connectivity index (χ1n) is 7.05. The Hall–Kier alpha value is -1.03. The van der Waals surface area contributed by atoms with Gasteiger partial charge in [0.05, 0.1) is 16.7 Å². The van der Waals surface area contributed by atoms with Crippen LogP contribution < -0.4 is 5.32 Å². The number of ether oxygens (including phenoxy) is 1. The van der Waals surface area contributed by atoms with E-state index in [2.05, 4.69) is 26.1 Å². The first kappa shape index (κ1) is 15.4. The molecule has 1 aromatic carbocycles. The average Bonchev–Trinajstić information content (AvgIpc) is 2.80. The molecule has 20 heavy (non-hydrogen) atoms. The quantitative estimate of drug-likeness (QED) is 0.849. The van der Waals surface area contributed by atoms with Crippen molar-refractivity contribution in [3.05, 3.63) is 35.0 Å². The minimum atomic E-state index is -0.356. The monoisotopic (exact) mass is 295 g/mol. The van der Waals surface area contributed by atoms with E-state index < -0.39 is 0 Å². The van der Waals surface area contributed by atoms with Crippen LogP contribution in [0.5, 0.6) is 0 Å². The van der Waals surface area contributed by atoms with Gasteiger partial charge in [0, 0.05) is 12.0 Å². The summed E-state index contributed by atoms with van der Waals surface area (Å²) in [4.78, 5) is 0. The second-order valence-electron chi connectivity index (χ2n) is 5.33. The fraction of sp³-hybridized carbons (Fsp3) is 0.500. The highest BCUT2D eigenvalue weighted by Crippen LogP contribution is 2.35. The van der Waals surface area contributed by atoms with Crippen LogP contribution in [0.1, 0.15) is 39.5 Å². The molecule has 0 saturated carbocycles. The molecule has 0 aliphatic rings. The van der Waals surface area contributed by atoms with Gasteiger partial charge in [0.1, 0.15) is 5.76 Å². The lowest BCUT2D eigenvalue weighted by atomic mass is 9.96. The molecule has 2 aromatic rings. The van der Waals surface area contributed by atoms with Crippen LogP contribution in [0.4, 0.5) is 0 Å². The lowest BCUT2D eigenvalue weighted by Crippen LogP contribution is -2.41. The molecule has 1 aromatic heterocycles. The molecule has 1 N–H and O–H groups in total. The Balaban J connectivity index is 2.44. The molecule has 3 nitrogen and oxygen atoms in total. The highest BCUT2D eigenvalue weighted by atomic mass is 35.5. The van der Waals surface area contributed by atoms with Gasteiger partial charge in [0.2, 0.25) is 0 Å². The Labute approximate surface area is 125 Å². The molecule has 1 unspecified atom stereocenters. The van der Waals surface area contributed by atoms with Crippen molar-refractivity contribution in [2.75, 3.05) is 13.2 Å². The summed E-state index contributed by atoms with van der Waals surface area (Å²) in [5, 5.41) is 5.10. The summed E-state index contributed by atoms with van der Waals surface area (Å²) in [7, 11) is 0. The number of hydrogen-bond donors (Lipinski definition) is 1. The third kappa shape index (κ3) is 3.00. The normalized spacial score (nSPS) is 13.8. The third-order valence-electron chi connectivity index (χ3n) is 3.42. The molecule has 0 bridgehead atoms. The first-order chi connectivity index (χ1) is 9.49. The standard InChI is InChI=1S/C16H22ClNO2/c1-5-18-15(16(3,4)19-6-2)13-10-11-8-7-9-12(17)14(11)20-13/h7-10,15,18H,5-6H2,1-4H3. The molecular formula is C16H22ClNO2. The predicted molar refractivity (Wildman–Crippen MR) is 83.3 cm³/mol. The Morgan fingerprint density at radius 2 is 2.10 bits per heavy atom. The molecular weight excluding hydrogens is 274 g/mol. The Morgan fingerprint density at radius 3 is 2.70 bits per heavy atom. The lowest BCUT2D eigenvalue weighted by molar-refractivity contribution is -0.0433. The van der Waals surface area contributed by atoms with Crippen molar-refractivity contribution in [1.29, 1.82) is 0 Å². The van der Waals surface area contributed by atoms with E-state index in [9.17, 15) is 0 Å². The van der Waals surface area contributed by atoms with Gasteiger partial charge in [0.15, 0.2) is 5.58 Å². The van der Waals surface area contributed by atoms with Crippen LogP contribution >= 0.6 is 11.6 Å². The first-order valence-corrected chi connectivity index (χ1v) is 7.42. The molecule has 0 aliphatic carbocycles. The zero-order valence-electron chi connectivity index (χ0n) is 12.5. The van der Waals surface area contributed by atoms with Crippen molar-refractivity contribution in [3.8, 4) is 0 Å². The number of nitrogens with one attached hydrogen (secondary N) is 1. The largest absolute Gasteiger partial charge is 0.458 e. The van der Waals surface area contributed by atoms with Gasteiger partial charge < -0.3 is 14.5 Å². The molecule has 4 heteroatoms. The summed E-state index contributed by atoms with van der Waals surface area (Å²) < 4.78 is 11.8. The van der Waals surface area contributed by atoms with Gasteiger partial charge in [-0.2, -0.15) is 0 Å². The fourth-order valence-electron chi connectivity index (χ4n) is 2.54. The number of likely N-dealkylation sites (N-methyl/N-ethyl adjacent to an activating group) is 1. The van der Waals surface area contributed by atoms with Crippen molar-refractivity contribution in [1.82, 2.24) is 5.32 Å². The second-order valence-corrected chi connectivity index (χ2v) is 5.74. The predicted octanol–water partition coefficient (Wildman–Crippen LogP) is 4.55. The van der Waals surface area contributed by atoms with Crippen LogP contribution in [0, 0.1) is 0 Å². The van der Waals surface area contributed by atoms with Crippen LogP contribution in [0.2, 0.25) is 5.02 Å². The molecule has 1 atom stereocenters. The van der Waals surface area contributed by atoms with Gasteiger partial charge in [-0.3, -0.25) is 0 Å². The lowest BCUT2D eigenvalue weighted by Gasteiger charge is -2.33. The zero-order chi connectivity index (χ0) is 14.8. The molecule has 0 aliphatic heterocycles. The van der Waals surface area contributed by atoms with Crippen molar-refractivity contribution < 1.29 is 9.15 Å². The number of hydrogen-bond acceptors (Lipinski definition) is 3. The fourth-order valence-corrected chi connectivity index (χ4v) is 2.76. The molecule has 2 rings (SSSR count). The molecule has 1 heterocycles. The topological polar surface area (TPSA) is 34.4 Å².